The van der Waals surface area contributed by atoms with Gasteiger partial charge in [0.15, 0.2) is 0 Å². The number of hydrogen-bond acceptors (Lipinski definition) is 4. The summed E-state index contributed by atoms with van der Waals surface area (Å²) in [5.74, 6) is 0.473. The second-order valence-corrected chi connectivity index (χ2v) is 4.44. The van der Waals surface area contributed by atoms with E-state index < -0.39 is 0 Å². The Morgan fingerprint density at radius 1 is 1.47 bits per heavy atom. The number of amides is 1. The van der Waals surface area contributed by atoms with Gasteiger partial charge in [0.1, 0.15) is 5.03 Å². The van der Waals surface area contributed by atoms with Crippen molar-refractivity contribution in [2.45, 2.75) is 25.5 Å². The van der Waals surface area contributed by atoms with Crippen molar-refractivity contribution in [3.05, 3.63) is 23.9 Å². The number of hydrogen-bond donors (Lipinski definition) is 1. The molecule has 1 rings (SSSR count). The van der Waals surface area contributed by atoms with E-state index in [2.05, 4.69) is 4.98 Å². The lowest BCUT2D eigenvalue weighted by molar-refractivity contribution is -0.127. The minimum absolute atomic E-state index is 0.0460. The van der Waals surface area contributed by atoms with Crippen LogP contribution < -0.4 is 0 Å². The lowest BCUT2D eigenvalue weighted by Crippen LogP contribution is -2.31. The van der Waals surface area contributed by atoms with Crippen LogP contribution in [-0.4, -0.2) is 39.7 Å². The molecule has 0 spiro atoms. The van der Waals surface area contributed by atoms with E-state index in [1.807, 2.05) is 19.9 Å². The van der Waals surface area contributed by atoms with E-state index in [-0.39, 0.29) is 12.5 Å². The molecule has 4 nitrogen and oxygen atoms in total. The van der Waals surface area contributed by atoms with E-state index in [0.717, 1.165) is 23.7 Å². The van der Waals surface area contributed by atoms with Gasteiger partial charge in [-0.05, 0) is 19.9 Å². The summed E-state index contributed by atoms with van der Waals surface area (Å²) >= 11 is 1.38. The monoisotopic (exact) mass is 254 g/mol. The van der Waals surface area contributed by atoms with E-state index >= 15 is 0 Å². The molecule has 0 aromatic carbocycles. The van der Waals surface area contributed by atoms with Crippen LogP contribution in [0.1, 0.15) is 19.4 Å². The predicted octanol–water partition coefficient (Wildman–Crippen LogP) is 1.53. The SMILES string of the molecule is CCN(CC)C(=O)CSc1ncccc1CO. The van der Waals surface area contributed by atoms with Crippen molar-refractivity contribution in [2.75, 3.05) is 18.8 Å². The first-order chi connectivity index (χ1) is 8.22. The van der Waals surface area contributed by atoms with Crippen LogP contribution in [0.3, 0.4) is 0 Å². The highest BCUT2D eigenvalue weighted by molar-refractivity contribution is 7.99. The number of aliphatic hydroxyl groups is 1. The van der Waals surface area contributed by atoms with E-state index in [0.29, 0.717) is 5.75 Å². The molecule has 0 saturated heterocycles. The van der Waals surface area contributed by atoms with Gasteiger partial charge in [-0.2, -0.15) is 0 Å². The third-order valence-electron chi connectivity index (χ3n) is 2.47. The summed E-state index contributed by atoms with van der Waals surface area (Å²) in [6.07, 6.45) is 1.67. The minimum Gasteiger partial charge on any atom is -0.392 e. The van der Waals surface area contributed by atoms with Crippen LogP contribution >= 0.6 is 11.8 Å². The highest BCUT2D eigenvalue weighted by atomic mass is 32.2. The fraction of sp³-hybridized carbons (Fsp3) is 0.500. The Bertz CT molecular complexity index is 367. The van der Waals surface area contributed by atoms with Crippen molar-refractivity contribution in [3.63, 3.8) is 0 Å². The highest BCUT2D eigenvalue weighted by Gasteiger charge is 2.11. The van der Waals surface area contributed by atoms with Gasteiger partial charge >= 0.3 is 0 Å². The molecule has 5 heteroatoms. The summed E-state index contributed by atoms with van der Waals surface area (Å²) in [5, 5.41) is 9.87. The van der Waals surface area contributed by atoms with Gasteiger partial charge in [-0.3, -0.25) is 4.79 Å². The number of rotatable bonds is 6. The Morgan fingerprint density at radius 3 is 2.76 bits per heavy atom. The van der Waals surface area contributed by atoms with E-state index in [1.54, 1.807) is 17.2 Å². The highest BCUT2D eigenvalue weighted by Crippen LogP contribution is 2.20. The summed E-state index contributed by atoms with van der Waals surface area (Å²) in [6.45, 7) is 5.34. The number of carbonyl (C=O) groups excluding carboxylic acids is 1. The lowest BCUT2D eigenvalue weighted by atomic mass is 10.3. The van der Waals surface area contributed by atoms with Crippen LogP contribution in [0.4, 0.5) is 0 Å². The molecule has 1 amide bonds. The summed E-state index contributed by atoms with van der Waals surface area (Å²) in [5.41, 5.74) is 0.768. The molecular formula is C12H18N2O2S. The van der Waals surface area contributed by atoms with Gasteiger partial charge < -0.3 is 10.0 Å². The molecule has 1 aromatic heterocycles. The zero-order chi connectivity index (χ0) is 12.7. The number of aromatic nitrogens is 1. The second kappa shape index (κ2) is 7.29. The number of pyridine rings is 1. The molecule has 0 atom stereocenters. The van der Waals surface area contributed by atoms with Gasteiger partial charge in [-0.15, -0.1) is 0 Å². The zero-order valence-electron chi connectivity index (χ0n) is 10.2. The number of carbonyl (C=O) groups is 1. The van der Waals surface area contributed by atoms with Crippen LogP contribution in [0.25, 0.3) is 0 Å². The Kier molecular flexibility index (Phi) is 6.00. The van der Waals surface area contributed by atoms with Crippen LogP contribution in [0.5, 0.6) is 0 Å². The molecule has 0 bridgehead atoms. The van der Waals surface area contributed by atoms with Crippen LogP contribution in [0.2, 0.25) is 0 Å². The zero-order valence-corrected chi connectivity index (χ0v) is 11.0. The molecule has 0 saturated carbocycles. The third kappa shape index (κ3) is 4.02. The minimum atomic E-state index is -0.0460. The fourth-order valence-corrected chi connectivity index (χ4v) is 2.37. The Morgan fingerprint density at radius 2 is 2.18 bits per heavy atom. The first-order valence-corrected chi connectivity index (χ1v) is 6.66. The predicted molar refractivity (Wildman–Crippen MR) is 68.8 cm³/mol. The molecule has 0 radical (unpaired) electrons. The van der Waals surface area contributed by atoms with Crippen molar-refractivity contribution >= 4 is 17.7 Å². The van der Waals surface area contributed by atoms with Gasteiger partial charge in [-0.25, -0.2) is 4.98 Å². The van der Waals surface area contributed by atoms with Crippen molar-refractivity contribution in [1.29, 1.82) is 0 Å². The average molecular weight is 254 g/mol. The molecule has 0 fully saturated rings. The topological polar surface area (TPSA) is 53.4 Å². The first kappa shape index (κ1) is 14.0. The van der Waals surface area contributed by atoms with Crippen LogP contribution in [0, 0.1) is 0 Å². The largest absolute Gasteiger partial charge is 0.392 e. The van der Waals surface area contributed by atoms with Crippen LogP contribution in [0.15, 0.2) is 23.4 Å². The summed E-state index contributed by atoms with van der Waals surface area (Å²) in [6, 6.07) is 3.60. The second-order valence-electron chi connectivity index (χ2n) is 3.48. The number of aliphatic hydroxyl groups excluding tert-OH is 1. The summed E-state index contributed by atoms with van der Waals surface area (Å²) < 4.78 is 0. The molecule has 1 heterocycles. The molecular weight excluding hydrogens is 236 g/mol. The number of nitrogens with zero attached hydrogens (tertiary/aromatic N) is 2. The Balaban J connectivity index is 2.58. The smallest absolute Gasteiger partial charge is 0.232 e. The quantitative estimate of drug-likeness (QED) is 0.782. The molecule has 0 aliphatic rings. The van der Waals surface area contributed by atoms with E-state index in [4.69, 9.17) is 5.11 Å². The molecule has 0 unspecified atom stereocenters. The molecule has 1 N–H and O–H groups in total. The lowest BCUT2D eigenvalue weighted by Gasteiger charge is -2.18. The van der Waals surface area contributed by atoms with E-state index in [1.165, 1.54) is 11.8 Å². The average Bonchev–Trinajstić information content (AvgIpc) is 2.38. The maximum absolute atomic E-state index is 11.8. The van der Waals surface area contributed by atoms with Crippen molar-refractivity contribution in [1.82, 2.24) is 9.88 Å². The van der Waals surface area contributed by atoms with Gasteiger partial charge in [0.2, 0.25) is 5.91 Å². The molecule has 94 valence electrons. The summed E-state index contributed by atoms with van der Waals surface area (Å²) in [4.78, 5) is 17.7. The maximum Gasteiger partial charge on any atom is 0.232 e. The Hall–Kier alpha value is -1.07. The number of thioether (sulfide) groups is 1. The molecule has 17 heavy (non-hydrogen) atoms. The molecule has 1 aromatic rings. The molecule has 0 aliphatic heterocycles. The Labute approximate surface area is 106 Å². The van der Waals surface area contributed by atoms with Crippen molar-refractivity contribution in [3.8, 4) is 0 Å². The summed E-state index contributed by atoms with van der Waals surface area (Å²) in [7, 11) is 0. The van der Waals surface area contributed by atoms with Crippen molar-refractivity contribution < 1.29 is 9.90 Å². The van der Waals surface area contributed by atoms with Crippen LogP contribution in [-0.2, 0) is 11.4 Å². The van der Waals surface area contributed by atoms with Gasteiger partial charge in [0.05, 0.1) is 12.4 Å². The standard InChI is InChI=1S/C12H18N2O2S/c1-3-14(4-2)11(16)9-17-12-10(8-15)6-5-7-13-12/h5-7,15H,3-4,8-9H2,1-2H3. The van der Waals surface area contributed by atoms with Gasteiger partial charge in [-0.1, -0.05) is 17.8 Å². The van der Waals surface area contributed by atoms with E-state index in [9.17, 15) is 4.79 Å². The maximum atomic E-state index is 11.8. The van der Waals surface area contributed by atoms with Gasteiger partial charge in [0.25, 0.3) is 0 Å². The molecule has 0 aliphatic carbocycles. The third-order valence-corrected chi connectivity index (χ3v) is 3.50. The van der Waals surface area contributed by atoms with Gasteiger partial charge in [0, 0.05) is 24.8 Å². The first-order valence-electron chi connectivity index (χ1n) is 5.68. The normalized spacial score (nSPS) is 10.3. The fourth-order valence-electron chi connectivity index (χ4n) is 1.47. The van der Waals surface area contributed by atoms with Crippen molar-refractivity contribution in [2.24, 2.45) is 0 Å².